The van der Waals surface area contributed by atoms with Crippen molar-refractivity contribution in [1.29, 1.82) is 0 Å². The number of rotatable bonds is 7. The number of halogens is 1. The summed E-state index contributed by atoms with van der Waals surface area (Å²) in [4.78, 5) is 7.96. The molecule has 1 aromatic carbocycles. The number of hydrogen-bond acceptors (Lipinski definition) is 3. The number of guanidine groups is 1. The molecule has 0 aliphatic carbocycles. The van der Waals surface area contributed by atoms with E-state index in [4.69, 9.17) is 0 Å². The monoisotopic (exact) mass is 495 g/mol. The van der Waals surface area contributed by atoms with E-state index in [-0.39, 0.29) is 24.0 Å². The fourth-order valence-corrected chi connectivity index (χ4v) is 3.45. The molecule has 2 heterocycles. The van der Waals surface area contributed by atoms with Gasteiger partial charge in [0.05, 0.1) is 11.9 Å². The van der Waals surface area contributed by atoms with Crippen LogP contribution in [0.1, 0.15) is 10.4 Å². The zero-order chi connectivity index (χ0) is 18.2. The maximum absolute atomic E-state index is 4.45. The van der Waals surface area contributed by atoms with Crippen LogP contribution < -0.4 is 5.32 Å². The first-order valence-electron chi connectivity index (χ1n) is 8.79. The lowest BCUT2D eigenvalue weighted by Crippen LogP contribution is -2.40. The smallest absolute Gasteiger partial charge is 0.193 e. The minimum absolute atomic E-state index is 0. The van der Waals surface area contributed by atoms with E-state index in [1.807, 2.05) is 36.1 Å². The predicted octanol–water partition coefficient (Wildman–Crippen LogP) is 3.84. The summed E-state index contributed by atoms with van der Waals surface area (Å²) < 4.78 is 1.91. The third-order valence-electron chi connectivity index (χ3n) is 4.20. The summed E-state index contributed by atoms with van der Waals surface area (Å²) in [7, 11) is 3.91. The van der Waals surface area contributed by atoms with Gasteiger partial charge in [0, 0.05) is 38.3 Å². The second-order valence-electron chi connectivity index (χ2n) is 6.10. The number of aliphatic imine (C=N–C) groups is 1. The highest BCUT2D eigenvalue weighted by Gasteiger charge is 2.07. The molecular formula is C20H26IN5S. The van der Waals surface area contributed by atoms with Crippen molar-refractivity contribution in [3.05, 3.63) is 70.7 Å². The van der Waals surface area contributed by atoms with Gasteiger partial charge >= 0.3 is 0 Å². The Kier molecular flexibility index (Phi) is 8.80. The molecule has 0 unspecified atom stereocenters. The lowest BCUT2D eigenvalue weighted by molar-refractivity contribution is 0.487. The van der Waals surface area contributed by atoms with Crippen molar-refractivity contribution in [1.82, 2.24) is 20.0 Å². The number of likely N-dealkylation sites (N-methyl/N-ethyl adjacent to an activating group) is 1. The summed E-state index contributed by atoms with van der Waals surface area (Å²) in [6, 6.07) is 14.4. The highest BCUT2D eigenvalue weighted by molar-refractivity contribution is 14.0. The summed E-state index contributed by atoms with van der Waals surface area (Å²) in [6.07, 6.45) is 5.96. The minimum Gasteiger partial charge on any atom is -0.356 e. The van der Waals surface area contributed by atoms with Crippen molar-refractivity contribution < 1.29 is 0 Å². The summed E-state index contributed by atoms with van der Waals surface area (Å²) in [5.74, 6) is 0.928. The van der Waals surface area contributed by atoms with Gasteiger partial charge in [-0.3, -0.25) is 4.99 Å². The molecule has 2 aromatic heterocycles. The Hall–Kier alpha value is -1.87. The molecule has 27 heavy (non-hydrogen) atoms. The normalized spacial score (nSPS) is 11.1. The van der Waals surface area contributed by atoms with Gasteiger partial charge in [0.25, 0.3) is 0 Å². The minimum atomic E-state index is 0. The highest BCUT2D eigenvalue weighted by atomic mass is 127. The van der Waals surface area contributed by atoms with Crippen LogP contribution in [0.15, 0.2) is 65.2 Å². The molecule has 0 radical (unpaired) electrons. The molecule has 144 valence electrons. The van der Waals surface area contributed by atoms with Crippen LogP contribution in [-0.2, 0) is 12.8 Å². The molecule has 0 aliphatic heterocycles. The average molecular weight is 495 g/mol. The molecule has 0 amide bonds. The second kappa shape index (κ2) is 11.1. The molecule has 7 heteroatoms. The van der Waals surface area contributed by atoms with E-state index in [2.05, 4.69) is 63.2 Å². The van der Waals surface area contributed by atoms with Crippen molar-refractivity contribution in [2.24, 2.45) is 4.99 Å². The van der Waals surface area contributed by atoms with Crippen molar-refractivity contribution in [3.8, 4) is 5.69 Å². The standard InChI is InChI=1S/C20H25N5S.HI/c1-21-20(24(2)13-11-19-9-6-14-26-19)22-12-10-17-15-23-25(16-17)18-7-4-3-5-8-18;/h3-9,14-16H,10-13H2,1-2H3,(H,21,22);1H. The lowest BCUT2D eigenvalue weighted by Gasteiger charge is -2.21. The van der Waals surface area contributed by atoms with E-state index in [0.29, 0.717) is 0 Å². The van der Waals surface area contributed by atoms with Crippen molar-refractivity contribution in [2.75, 3.05) is 27.2 Å². The van der Waals surface area contributed by atoms with Crippen LogP contribution in [0.2, 0.25) is 0 Å². The molecular weight excluding hydrogens is 469 g/mol. The van der Waals surface area contributed by atoms with E-state index in [1.54, 1.807) is 11.3 Å². The lowest BCUT2D eigenvalue weighted by atomic mass is 10.2. The molecule has 0 spiro atoms. The number of aromatic nitrogens is 2. The van der Waals surface area contributed by atoms with E-state index < -0.39 is 0 Å². The first-order valence-corrected chi connectivity index (χ1v) is 9.67. The number of nitrogens with zero attached hydrogens (tertiary/aromatic N) is 4. The number of benzene rings is 1. The number of nitrogens with one attached hydrogen (secondary N) is 1. The van der Waals surface area contributed by atoms with Crippen LogP contribution in [0.25, 0.3) is 5.69 Å². The van der Waals surface area contributed by atoms with Gasteiger partial charge < -0.3 is 10.2 Å². The van der Waals surface area contributed by atoms with Gasteiger partial charge in [-0.1, -0.05) is 24.3 Å². The van der Waals surface area contributed by atoms with Crippen LogP contribution >= 0.6 is 35.3 Å². The Bertz CT molecular complexity index is 814. The Morgan fingerprint density at radius 1 is 1.19 bits per heavy atom. The third kappa shape index (κ3) is 6.35. The molecule has 0 fully saturated rings. The molecule has 0 saturated carbocycles. The number of para-hydroxylation sites is 1. The Balaban J connectivity index is 0.00000261. The second-order valence-corrected chi connectivity index (χ2v) is 7.14. The van der Waals surface area contributed by atoms with Crippen LogP contribution in [0.3, 0.4) is 0 Å². The molecule has 3 rings (SSSR count). The van der Waals surface area contributed by atoms with Crippen molar-refractivity contribution in [2.45, 2.75) is 12.8 Å². The van der Waals surface area contributed by atoms with Gasteiger partial charge in [0.15, 0.2) is 5.96 Å². The van der Waals surface area contributed by atoms with E-state index in [1.165, 1.54) is 10.4 Å². The third-order valence-corrected chi connectivity index (χ3v) is 5.14. The maximum atomic E-state index is 4.45. The molecule has 0 atom stereocenters. The van der Waals surface area contributed by atoms with E-state index >= 15 is 0 Å². The largest absolute Gasteiger partial charge is 0.356 e. The Morgan fingerprint density at radius 3 is 2.70 bits per heavy atom. The predicted molar refractivity (Wildman–Crippen MR) is 125 cm³/mol. The first kappa shape index (κ1) is 21.4. The SMILES string of the molecule is CN=C(NCCc1cnn(-c2ccccc2)c1)N(C)CCc1cccs1.I. The van der Waals surface area contributed by atoms with E-state index in [0.717, 1.165) is 37.6 Å². The molecule has 0 bridgehead atoms. The maximum Gasteiger partial charge on any atom is 0.193 e. The van der Waals surface area contributed by atoms with Crippen LogP contribution in [-0.4, -0.2) is 47.8 Å². The van der Waals surface area contributed by atoms with E-state index in [9.17, 15) is 0 Å². The van der Waals surface area contributed by atoms with Crippen molar-refractivity contribution >= 4 is 41.3 Å². The van der Waals surface area contributed by atoms with Gasteiger partial charge in [-0.25, -0.2) is 4.68 Å². The summed E-state index contributed by atoms with van der Waals surface area (Å²) in [5, 5.41) is 10.0. The number of thiophene rings is 1. The Labute approximate surface area is 182 Å². The molecule has 0 saturated heterocycles. The van der Waals surface area contributed by atoms with Gasteiger partial charge in [-0.2, -0.15) is 5.10 Å². The zero-order valence-electron chi connectivity index (χ0n) is 15.7. The van der Waals surface area contributed by atoms with Gasteiger partial charge in [0.1, 0.15) is 0 Å². The molecule has 1 N–H and O–H groups in total. The average Bonchev–Trinajstić information content (AvgIpc) is 3.36. The van der Waals surface area contributed by atoms with Gasteiger partial charge in [0.2, 0.25) is 0 Å². The summed E-state index contributed by atoms with van der Waals surface area (Å²) >= 11 is 1.80. The summed E-state index contributed by atoms with van der Waals surface area (Å²) in [6.45, 7) is 1.78. The quantitative estimate of drug-likeness (QED) is 0.308. The highest BCUT2D eigenvalue weighted by Crippen LogP contribution is 2.10. The fourth-order valence-electron chi connectivity index (χ4n) is 2.75. The van der Waals surface area contributed by atoms with Crippen LogP contribution in [0.5, 0.6) is 0 Å². The molecule has 5 nitrogen and oxygen atoms in total. The van der Waals surface area contributed by atoms with Gasteiger partial charge in [-0.15, -0.1) is 35.3 Å². The number of hydrogen-bond donors (Lipinski definition) is 1. The molecule has 3 aromatic rings. The van der Waals surface area contributed by atoms with Crippen LogP contribution in [0.4, 0.5) is 0 Å². The topological polar surface area (TPSA) is 45.5 Å². The van der Waals surface area contributed by atoms with Crippen molar-refractivity contribution in [3.63, 3.8) is 0 Å². The first-order chi connectivity index (χ1) is 12.8. The molecule has 0 aliphatic rings. The zero-order valence-corrected chi connectivity index (χ0v) is 18.9. The Morgan fingerprint density at radius 2 is 2.00 bits per heavy atom. The fraction of sp³-hybridized carbons (Fsp3) is 0.300. The van der Waals surface area contributed by atoms with Gasteiger partial charge in [-0.05, 0) is 42.0 Å². The summed E-state index contributed by atoms with van der Waals surface area (Å²) in [5.41, 5.74) is 2.29. The van der Waals surface area contributed by atoms with Crippen LogP contribution in [0, 0.1) is 0 Å².